The highest BCUT2D eigenvalue weighted by Crippen LogP contribution is 2.34. The normalized spacial score (nSPS) is 18.6. The van der Waals surface area contributed by atoms with Gasteiger partial charge in [-0.2, -0.15) is 0 Å². The van der Waals surface area contributed by atoms with Gasteiger partial charge in [-0.1, -0.05) is 49.2 Å². The van der Waals surface area contributed by atoms with Gasteiger partial charge < -0.3 is 15.3 Å². The molecule has 3 aromatic rings. The molecule has 1 saturated carbocycles. The van der Waals surface area contributed by atoms with E-state index in [1.807, 2.05) is 65.6 Å². The topological polar surface area (TPSA) is 77.8 Å². The minimum absolute atomic E-state index is 0.0455. The van der Waals surface area contributed by atoms with Gasteiger partial charge in [0.15, 0.2) is 0 Å². The number of fused-ring (bicyclic) bond motifs is 1. The Hall–Kier alpha value is -3.77. The minimum atomic E-state index is 0.0455. The second-order valence-corrected chi connectivity index (χ2v) is 10.0. The van der Waals surface area contributed by atoms with Crippen molar-refractivity contribution < 1.29 is 9.90 Å². The summed E-state index contributed by atoms with van der Waals surface area (Å²) in [7, 11) is 0. The fourth-order valence-corrected chi connectivity index (χ4v) is 5.75. The van der Waals surface area contributed by atoms with Gasteiger partial charge in [0.2, 0.25) is 0 Å². The Morgan fingerprint density at radius 1 is 1.03 bits per heavy atom. The molecule has 36 heavy (non-hydrogen) atoms. The van der Waals surface area contributed by atoms with Crippen LogP contribution in [0.3, 0.4) is 0 Å². The second-order valence-electron chi connectivity index (χ2n) is 10.0. The van der Waals surface area contributed by atoms with Crippen LogP contribution in [0.1, 0.15) is 52.9 Å². The molecule has 2 N–H and O–H groups in total. The maximum Gasteiger partial charge on any atom is 0.254 e. The van der Waals surface area contributed by atoms with Crippen molar-refractivity contribution in [3.8, 4) is 17.0 Å². The number of allylic oxidation sites excluding steroid dienone is 1. The summed E-state index contributed by atoms with van der Waals surface area (Å²) in [5.74, 6) is 0.250. The molecule has 1 amide bonds. The molecule has 6 rings (SSSR count). The van der Waals surface area contributed by atoms with Gasteiger partial charge in [0, 0.05) is 36.3 Å². The molecule has 0 radical (unpaired) electrons. The molecule has 1 aliphatic carbocycles. The molecule has 0 unspecified atom stereocenters. The number of phenolic OH excluding ortho intramolecular Hbond substituents is 1. The van der Waals surface area contributed by atoms with Crippen molar-refractivity contribution in [2.24, 2.45) is 4.99 Å². The Kier molecular flexibility index (Phi) is 5.89. The van der Waals surface area contributed by atoms with E-state index in [0.717, 1.165) is 59.7 Å². The van der Waals surface area contributed by atoms with Gasteiger partial charge >= 0.3 is 0 Å². The highest BCUT2D eigenvalue weighted by atomic mass is 16.3. The number of amides is 1. The SMILES string of the molecule is O=C(c1cc(-c2ccc(O)cc2)nc2c1C(/C=C/c1ccccc1)=NC2)N1CCNC2(CCCC2)C1. The van der Waals surface area contributed by atoms with Crippen LogP contribution in [-0.2, 0) is 6.54 Å². The van der Waals surface area contributed by atoms with Gasteiger partial charge in [-0.15, -0.1) is 0 Å². The average molecular weight is 479 g/mol. The Balaban J connectivity index is 1.40. The molecule has 6 heteroatoms. The largest absolute Gasteiger partial charge is 0.508 e. The first-order valence-electron chi connectivity index (χ1n) is 12.8. The van der Waals surface area contributed by atoms with Crippen LogP contribution < -0.4 is 5.32 Å². The van der Waals surface area contributed by atoms with Gasteiger partial charge in [-0.05, 0) is 54.8 Å². The molecular weight excluding hydrogens is 448 g/mol. The lowest BCUT2D eigenvalue weighted by molar-refractivity contribution is 0.0624. The van der Waals surface area contributed by atoms with Gasteiger partial charge in [0.05, 0.1) is 29.2 Å². The number of pyridine rings is 1. The molecule has 2 aliphatic heterocycles. The second kappa shape index (κ2) is 9.36. The van der Waals surface area contributed by atoms with Crippen LogP contribution >= 0.6 is 0 Å². The number of rotatable bonds is 4. The molecule has 0 bridgehead atoms. The minimum Gasteiger partial charge on any atom is -0.508 e. The lowest BCUT2D eigenvalue weighted by atomic mass is 9.93. The van der Waals surface area contributed by atoms with E-state index in [9.17, 15) is 9.90 Å². The van der Waals surface area contributed by atoms with E-state index in [-0.39, 0.29) is 17.2 Å². The monoisotopic (exact) mass is 478 g/mol. The number of carbonyl (C=O) groups is 1. The summed E-state index contributed by atoms with van der Waals surface area (Å²) in [6.07, 6.45) is 8.70. The smallest absolute Gasteiger partial charge is 0.254 e. The maximum atomic E-state index is 14.1. The molecule has 3 heterocycles. The molecule has 2 fully saturated rings. The first-order chi connectivity index (χ1) is 17.6. The van der Waals surface area contributed by atoms with Crippen LogP contribution in [0, 0.1) is 0 Å². The van der Waals surface area contributed by atoms with Crippen molar-refractivity contribution in [3.63, 3.8) is 0 Å². The van der Waals surface area contributed by atoms with Crippen LogP contribution in [0.4, 0.5) is 0 Å². The number of nitrogens with zero attached hydrogens (tertiary/aromatic N) is 3. The van der Waals surface area contributed by atoms with Crippen molar-refractivity contribution in [3.05, 3.63) is 89.1 Å². The molecule has 0 atom stereocenters. The van der Waals surface area contributed by atoms with E-state index in [4.69, 9.17) is 9.98 Å². The fourth-order valence-electron chi connectivity index (χ4n) is 5.75. The first-order valence-corrected chi connectivity index (χ1v) is 12.8. The quantitative estimate of drug-likeness (QED) is 0.563. The lowest BCUT2D eigenvalue weighted by Gasteiger charge is -2.41. The number of aliphatic imine (C=N–C) groups is 1. The zero-order valence-corrected chi connectivity index (χ0v) is 20.3. The van der Waals surface area contributed by atoms with Crippen molar-refractivity contribution in [2.45, 2.75) is 37.8 Å². The van der Waals surface area contributed by atoms with Crippen LogP contribution in [0.15, 0.2) is 71.7 Å². The zero-order chi connectivity index (χ0) is 24.5. The summed E-state index contributed by atoms with van der Waals surface area (Å²) in [5, 5.41) is 13.5. The third-order valence-electron chi connectivity index (χ3n) is 7.60. The van der Waals surface area contributed by atoms with Gasteiger partial charge in [-0.25, -0.2) is 0 Å². The predicted molar refractivity (Wildman–Crippen MR) is 142 cm³/mol. The third kappa shape index (κ3) is 4.33. The number of nitrogens with one attached hydrogen (secondary N) is 1. The number of phenols is 1. The highest BCUT2D eigenvalue weighted by Gasteiger charge is 2.40. The third-order valence-corrected chi connectivity index (χ3v) is 7.60. The summed E-state index contributed by atoms with van der Waals surface area (Å²) >= 11 is 0. The number of piperazine rings is 1. The Morgan fingerprint density at radius 3 is 2.58 bits per heavy atom. The summed E-state index contributed by atoms with van der Waals surface area (Å²) < 4.78 is 0. The maximum absolute atomic E-state index is 14.1. The van der Waals surface area contributed by atoms with E-state index in [0.29, 0.717) is 18.7 Å². The summed E-state index contributed by atoms with van der Waals surface area (Å²) in [6.45, 7) is 2.70. The molecular formula is C30H30N4O2. The van der Waals surface area contributed by atoms with E-state index in [1.54, 1.807) is 12.1 Å². The number of benzene rings is 2. The van der Waals surface area contributed by atoms with Crippen LogP contribution in [0.5, 0.6) is 5.75 Å². The van der Waals surface area contributed by atoms with Crippen LogP contribution in [-0.4, -0.2) is 51.8 Å². The van der Waals surface area contributed by atoms with Crippen molar-refractivity contribution in [2.75, 3.05) is 19.6 Å². The number of hydrogen-bond acceptors (Lipinski definition) is 5. The number of aromatic nitrogens is 1. The van der Waals surface area contributed by atoms with Gasteiger partial charge in [0.1, 0.15) is 5.75 Å². The molecule has 1 aromatic heterocycles. The van der Waals surface area contributed by atoms with Crippen molar-refractivity contribution in [1.29, 1.82) is 0 Å². The standard InChI is InChI=1S/C30H30N4O2/c35-23-11-9-22(10-12-23)26-18-24(29(36)34-17-16-32-30(20-34)14-4-5-15-30)28-25(31-19-27(28)33-26)13-8-21-6-2-1-3-7-21/h1-3,6-13,18,32,35H,4-5,14-17,19-20H2/b13-8+. The summed E-state index contributed by atoms with van der Waals surface area (Å²) in [5.41, 5.74) is 5.85. The van der Waals surface area contributed by atoms with Gasteiger partial charge in [-0.3, -0.25) is 14.8 Å². The number of hydrogen-bond donors (Lipinski definition) is 2. The van der Waals surface area contributed by atoms with E-state index in [1.165, 1.54) is 12.8 Å². The van der Waals surface area contributed by atoms with E-state index < -0.39 is 0 Å². The van der Waals surface area contributed by atoms with Crippen molar-refractivity contribution >= 4 is 17.7 Å². The Labute approximate surface area is 211 Å². The van der Waals surface area contributed by atoms with Gasteiger partial charge in [0.25, 0.3) is 5.91 Å². The molecule has 3 aliphatic rings. The van der Waals surface area contributed by atoms with Crippen LogP contribution in [0.2, 0.25) is 0 Å². The first kappa shape index (κ1) is 22.7. The van der Waals surface area contributed by atoms with E-state index >= 15 is 0 Å². The average Bonchev–Trinajstić information content (AvgIpc) is 3.54. The zero-order valence-electron chi connectivity index (χ0n) is 20.3. The fraction of sp³-hybridized carbons (Fsp3) is 0.300. The molecule has 1 spiro atoms. The molecule has 6 nitrogen and oxygen atoms in total. The Bertz CT molecular complexity index is 1340. The predicted octanol–water partition coefficient (Wildman–Crippen LogP) is 4.83. The highest BCUT2D eigenvalue weighted by molar-refractivity contribution is 6.18. The number of aromatic hydroxyl groups is 1. The lowest BCUT2D eigenvalue weighted by Crippen LogP contribution is -2.60. The van der Waals surface area contributed by atoms with Crippen LogP contribution in [0.25, 0.3) is 17.3 Å². The molecule has 1 saturated heterocycles. The van der Waals surface area contributed by atoms with Crippen molar-refractivity contribution in [1.82, 2.24) is 15.2 Å². The Morgan fingerprint density at radius 2 is 1.81 bits per heavy atom. The summed E-state index contributed by atoms with van der Waals surface area (Å²) in [6, 6.07) is 19.0. The number of carbonyl (C=O) groups excluding carboxylic acids is 1. The molecule has 182 valence electrons. The summed E-state index contributed by atoms with van der Waals surface area (Å²) in [4.78, 5) is 25.8. The van der Waals surface area contributed by atoms with E-state index in [2.05, 4.69) is 5.32 Å². The molecule has 2 aromatic carbocycles.